The topological polar surface area (TPSA) is 59.0 Å². The number of nitrogens with one attached hydrogen (secondary N) is 2. The zero-order chi connectivity index (χ0) is 15.9. The summed E-state index contributed by atoms with van der Waals surface area (Å²) in [6, 6.07) is 19.2. The summed E-state index contributed by atoms with van der Waals surface area (Å²) in [4.78, 5) is 11.8. The lowest BCUT2D eigenvalue weighted by molar-refractivity contribution is 0.252. The van der Waals surface area contributed by atoms with Gasteiger partial charge in [0.25, 0.3) is 0 Å². The van der Waals surface area contributed by atoms with Crippen molar-refractivity contribution in [1.29, 1.82) is 0 Å². The first-order valence-electron chi connectivity index (χ1n) is 7.50. The summed E-state index contributed by atoms with van der Waals surface area (Å²) in [7, 11) is 0. The maximum Gasteiger partial charge on any atom is 0.319 e. The molecule has 2 aromatic carbocycles. The molecule has 3 rings (SSSR count). The van der Waals surface area contributed by atoms with Gasteiger partial charge in [0.05, 0.1) is 5.69 Å². The van der Waals surface area contributed by atoms with Crippen molar-refractivity contribution in [2.45, 2.75) is 6.42 Å². The van der Waals surface area contributed by atoms with Crippen LogP contribution in [0, 0.1) is 0 Å². The van der Waals surface area contributed by atoms with Gasteiger partial charge < -0.3 is 10.6 Å². The molecule has 5 nitrogen and oxygen atoms in total. The zero-order valence-corrected chi connectivity index (χ0v) is 12.6. The van der Waals surface area contributed by atoms with Crippen molar-refractivity contribution in [3.63, 3.8) is 0 Å². The van der Waals surface area contributed by atoms with E-state index in [4.69, 9.17) is 0 Å². The van der Waals surface area contributed by atoms with E-state index in [9.17, 15) is 4.79 Å². The number of para-hydroxylation sites is 1. The molecule has 0 unspecified atom stereocenters. The van der Waals surface area contributed by atoms with E-state index in [2.05, 4.69) is 15.7 Å². The summed E-state index contributed by atoms with van der Waals surface area (Å²) < 4.78 is 1.81. The van der Waals surface area contributed by atoms with Gasteiger partial charge in [0.15, 0.2) is 0 Å². The van der Waals surface area contributed by atoms with E-state index >= 15 is 0 Å². The van der Waals surface area contributed by atoms with Crippen LogP contribution in [0.5, 0.6) is 0 Å². The maximum absolute atomic E-state index is 11.8. The van der Waals surface area contributed by atoms with Crippen LogP contribution in [0.3, 0.4) is 0 Å². The Morgan fingerprint density at radius 2 is 1.78 bits per heavy atom. The van der Waals surface area contributed by atoms with Crippen molar-refractivity contribution < 1.29 is 4.79 Å². The fraction of sp³-hybridized carbons (Fsp3) is 0.111. The fourth-order valence-electron chi connectivity index (χ4n) is 2.25. The standard InChI is InChI=1S/C18H18N4O/c23-18(21-16-5-2-1-3-6-16)19-13-11-15-7-9-17(10-8-15)22-14-4-12-20-22/h1-10,12,14H,11,13H2,(H2,19,21,23). The first-order valence-corrected chi connectivity index (χ1v) is 7.50. The minimum absolute atomic E-state index is 0.190. The van der Waals surface area contributed by atoms with Crippen molar-refractivity contribution in [3.05, 3.63) is 78.6 Å². The highest BCUT2D eigenvalue weighted by Crippen LogP contribution is 2.09. The second-order valence-electron chi connectivity index (χ2n) is 5.11. The molecule has 0 aliphatic carbocycles. The molecule has 2 N–H and O–H groups in total. The summed E-state index contributed by atoms with van der Waals surface area (Å²) in [6.07, 6.45) is 4.44. The number of benzene rings is 2. The number of hydrogen-bond acceptors (Lipinski definition) is 2. The minimum atomic E-state index is -0.190. The summed E-state index contributed by atoms with van der Waals surface area (Å²) in [6.45, 7) is 0.583. The average Bonchev–Trinajstić information content (AvgIpc) is 3.11. The second kappa shape index (κ2) is 7.26. The Hall–Kier alpha value is -3.08. The Kier molecular flexibility index (Phi) is 4.69. The van der Waals surface area contributed by atoms with Gasteiger partial charge in [-0.2, -0.15) is 5.10 Å². The van der Waals surface area contributed by atoms with E-state index in [0.717, 1.165) is 17.8 Å². The average molecular weight is 306 g/mol. The number of urea groups is 1. The van der Waals surface area contributed by atoms with Crippen LogP contribution < -0.4 is 10.6 Å². The maximum atomic E-state index is 11.8. The molecule has 0 fully saturated rings. The van der Waals surface area contributed by atoms with Gasteiger partial charge in [-0.3, -0.25) is 0 Å². The molecule has 0 atom stereocenters. The van der Waals surface area contributed by atoms with Crippen LogP contribution >= 0.6 is 0 Å². The van der Waals surface area contributed by atoms with Gasteiger partial charge in [-0.05, 0) is 42.3 Å². The van der Waals surface area contributed by atoms with Gasteiger partial charge in [-0.1, -0.05) is 30.3 Å². The fourth-order valence-corrected chi connectivity index (χ4v) is 2.25. The minimum Gasteiger partial charge on any atom is -0.338 e. The van der Waals surface area contributed by atoms with Crippen molar-refractivity contribution in [3.8, 4) is 5.69 Å². The molecule has 0 saturated heterocycles. The van der Waals surface area contributed by atoms with E-state index in [1.54, 1.807) is 6.20 Å². The monoisotopic (exact) mass is 306 g/mol. The third-order valence-corrected chi connectivity index (χ3v) is 3.44. The third-order valence-electron chi connectivity index (χ3n) is 3.44. The van der Waals surface area contributed by atoms with Crippen LogP contribution in [0.25, 0.3) is 5.69 Å². The lowest BCUT2D eigenvalue weighted by Gasteiger charge is -2.08. The molecular weight excluding hydrogens is 288 g/mol. The molecule has 5 heteroatoms. The Morgan fingerprint density at radius 3 is 2.48 bits per heavy atom. The third kappa shape index (κ3) is 4.20. The predicted molar refractivity (Wildman–Crippen MR) is 90.7 cm³/mol. The molecule has 116 valence electrons. The number of hydrogen-bond donors (Lipinski definition) is 2. The molecule has 2 amide bonds. The van der Waals surface area contributed by atoms with Crippen molar-refractivity contribution in [2.75, 3.05) is 11.9 Å². The molecule has 0 bridgehead atoms. The lowest BCUT2D eigenvalue weighted by atomic mass is 10.1. The predicted octanol–water partition coefficient (Wildman–Crippen LogP) is 3.24. The highest BCUT2D eigenvalue weighted by molar-refractivity contribution is 5.89. The summed E-state index contributed by atoms with van der Waals surface area (Å²) in [5, 5.41) is 9.84. The van der Waals surface area contributed by atoms with Crippen LogP contribution in [-0.2, 0) is 6.42 Å². The highest BCUT2D eigenvalue weighted by atomic mass is 16.2. The Bertz CT molecular complexity index is 736. The number of carbonyl (C=O) groups is 1. The molecule has 0 saturated carbocycles. The van der Waals surface area contributed by atoms with Gasteiger partial charge >= 0.3 is 6.03 Å². The number of anilines is 1. The molecule has 1 heterocycles. The van der Waals surface area contributed by atoms with Crippen LogP contribution in [0.4, 0.5) is 10.5 Å². The molecular formula is C18H18N4O. The second-order valence-corrected chi connectivity index (χ2v) is 5.11. The van der Waals surface area contributed by atoms with Crippen LogP contribution in [0.15, 0.2) is 73.1 Å². The first-order chi connectivity index (χ1) is 11.3. The number of rotatable bonds is 5. The number of carbonyl (C=O) groups excluding carboxylic acids is 1. The van der Waals surface area contributed by atoms with Gasteiger partial charge in [0.1, 0.15) is 0 Å². The van der Waals surface area contributed by atoms with Crippen LogP contribution in [-0.4, -0.2) is 22.4 Å². The molecule has 0 spiro atoms. The summed E-state index contributed by atoms with van der Waals surface area (Å²) in [5.41, 5.74) is 2.98. The first kappa shape index (κ1) is 14.8. The van der Waals surface area contributed by atoms with Crippen LogP contribution in [0.2, 0.25) is 0 Å². The molecule has 23 heavy (non-hydrogen) atoms. The number of amides is 2. The van der Waals surface area contributed by atoms with Gasteiger partial charge in [0.2, 0.25) is 0 Å². The van der Waals surface area contributed by atoms with E-state index < -0.39 is 0 Å². The van der Waals surface area contributed by atoms with Crippen molar-refractivity contribution in [1.82, 2.24) is 15.1 Å². The quantitative estimate of drug-likeness (QED) is 0.760. The highest BCUT2D eigenvalue weighted by Gasteiger charge is 2.01. The van der Waals surface area contributed by atoms with E-state index in [1.165, 1.54) is 5.56 Å². The van der Waals surface area contributed by atoms with Gasteiger partial charge in [-0.15, -0.1) is 0 Å². The SMILES string of the molecule is O=C(NCCc1ccc(-n2cccn2)cc1)Nc1ccccc1. The van der Waals surface area contributed by atoms with Crippen molar-refractivity contribution >= 4 is 11.7 Å². The summed E-state index contributed by atoms with van der Waals surface area (Å²) >= 11 is 0. The van der Waals surface area contributed by atoms with E-state index in [0.29, 0.717) is 6.54 Å². The number of nitrogens with zero attached hydrogens (tertiary/aromatic N) is 2. The number of aromatic nitrogens is 2. The normalized spacial score (nSPS) is 10.3. The van der Waals surface area contributed by atoms with E-state index in [1.807, 2.05) is 71.5 Å². The molecule has 0 radical (unpaired) electrons. The summed E-state index contributed by atoms with van der Waals surface area (Å²) in [5.74, 6) is 0. The van der Waals surface area contributed by atoms with E-state index in [-0.39, 0.29) is 6.03 Å². The molecule has 1 aromatic heterocycles. The zero-order valence-electron chi connectivity index (χ0n) is 12.6. The van der Waals surface area contributed by atoms with Gasteiger partial charge in [-0.25, -0.2) is 9.48 Å². The van der Waals surface area contributed by atoms with Crippen molar-refractivity contribution in [2.24, 2.45) is 0 Å². The Labute approximate surface area is 135 Å². The van der Waals surface area contributed by atoms with Crippen LogP contribution in [0.1, 0.15) is 5.56 Å². The largest absolute Gasteiger partial charge is 0.338 e. The molecule has 0 aliphatic heterocycles. The Balaban J connectivity index is 1.46. The lowest BCUT2D eigenvalue weighted by Crippen LogP contribution is -2.30. The van der Waals surface area contributed by atoms with Gasteiger partial charge in [0, 0.05) is 24.6 Å². The molecule has 0 aliphatic rings. The molecule has 3 aromatic rings. The smallest absolute Gasteiger partial charge is 0.319 e. The Morgan fingerprint density at radius 1 is 1.00 bits per heavy atom.